The normalized spacial score (nSPS) is 17.6. The average molecular weight is 228 g/mol. The number of carbonyl (C=O) groups is 2. The number of nitrogens with zero attached hydrogens (tertiary/aromatic N) is 1. The molecule has 0 aromatic heterocycles. The summed E-state index contributed by atoms with van der Waals surface area (Å²) in [6.07, 6.45) is 0.643. The number of carboxylic acid groups (broad SMARTS) is 1. The summed E-state index contributed by atoms with van der Waals surface area (Å²) in [6, 6.07) is 0. The summed E-state index contributed by atoms with van der Waals surface area (Å²) in [6.45, 7) is 4.29. The molecule has 1 heterocycles. The van der Waals surface area contributed by atoms with Crippen LogP contribution in [0, 0.1) is 11.8 Å². The number of amides is 1. The molecule has 0 saturated carbocycles. The molecular weight excluding hydrogens is 208 g/mol. The quantitative estimate of drug-likeness (QED) is 0.679. The van der Waals surface area contributed by atoms with Gasteiger partial charge in [0.1, 0.15) is 0 Å². The third-order valence-electron chi connectivity index (χ3n) is 3.17. The monoisotopic (exact) mass is 228 g/mol. The number of rotatable bonds is 6. The Morgan fingerprint density at radius 3 is 2.56 bits per heavy atom. The first-order chi connectivity index (χ1) is 7.52. The van der Waals surface area contributed by atoms with Crippen LogP contribution in [-0.2, 0) is 9.59 Å². The zero-order chi connectivity index (χ0) is 12.1. The molecule has 2 N–H and O–H groups in total. The Morgan fingerprint density at radius 1 is 1.50 bits per heavy atom. The van der Waals surface area contributed by atoms with Crippen LogP contribution >= 0.6 is 0 Å². The molecule has 16 heavy (non-hydrogen) atoms. The van der Waals surface area contributed by atoms with E-state index < -0.39 is 5.97 Å². The van der Waals surface area contributed by atoms with E-state index in [1.54, 1.807) is 11.9 Å². The minimum atomic E-state index is -0.808. The van der Waals surface area contributed by atoms with Crippen molar-refractivity contribution in [3.8, 4) is 0 Å². The van der Waals surface area contributed by atoms with Gasteiger partial charge < -0.3 is 15.3 Å². The van der Waals surface area contributed by atoms with Crippen molar-refractivity contribution in [3.63, 3.8) is 0 Å². The highest BCUT2D eigenvalue weighted by molar-refractivity contribution is 5.78. The second-order valence-electron chi connectivity index (χ2n) is 4.46. The molecule has 1 atom stereocenters. The van der Waals surface area contributed by atoms with Gasteiger partial charge in [-0.15, -0.1) is 0 Å². The van der Waals surface area contributed by atoms with E-state index in [4.69, 9.17) is 5.11 Å². The minimum Gasteiger partial charge on any atom is -0.481 e. The number of aliphatic carboxylic acids is 1. The highest BCUT2D eigenvalue weighted by atomic mass is 16.4. The zero-order valence-corrected chi connectivity index (χ0v) is 9.90. The first kappa shape index (κ1) is 13.0. The van der Waals surface area contributed by atoms with Crippen LogP contribution in [0.25, 0.3) is 0 Å². The number of nitrogens with one attached hydrogen (secondary N) is 1. The molecule has 0 aromatic carbocycles. The maximum absolute atomic E-state index is 11.9. The third kappa shape index (κ3) is 3.48. The lowest BCUT2D eigenvalue weighted by atomic mass is 9.88. The molecule has 1 aliphatic rings. The van der Waals surface area contributed by atoms with Gasteiger partial charge in [0.05, 0.1) is 0 Å². The summed E-state index contributed by atoms with van der Waals surface area (Å²) < 4.78 is 0. The lowest BCUT2D eigenvalue weighted by Crippen LogP contribution is -2.50. The fourth-order valence-corrected chi connectivity index (χ4v) is 1.79. The van der Waals surface area contributed by atoms with Crippen molar-refractivity contribution in [1.82, 2.24) is 10.2 Å². The van der Waals surface area contributed by atoms with E-state index in [1.807, 2.05) is 6.92 Å². The molecule has 0 radical (unpaired) electrons. The van der Waals surface area contributed by atoms with Crippen LogP contribution in [0.1, 0.15) is 19.8 Å². The van der Waals surface area contributed by atoms with Gasteiger partial charge in [-0.25, -0.2) is 0 Å². The molecule has 0 aromatic rings. The number of hydrogen-bond acceptors (Lipinski definition) is 3. The van der Waals surface area contributed by atoms with E-state index in [2.05, 4.69) is 5.32 Å². The zero-order valence-electron chi connectivity index (χ0n) is 9.90. The Balaban J connectivity index is 2.26. The van der Waals surface area contributed by atoms with Crippen molar-refractivity contribution in [2.75, 3.05) is 26.7 Å². The highest BCUT2D eigenvalue weighted by Gasteiger charge is 2.30. The molecule has 1 unspecified atom stereocenters. The number of carbonyl (C=O) groups excluding carboxylic acids is 1. The summed E-state index contributed by atoms with van der Waals surface area (Å²) in [5.74, 6) is -0.209. The molecule has 0 bridgehead atoms. The van der Waals surface area contributed by atoms with E-state index in [9.17, 15) is 9.59 Å². The van der Waals surface area contributed by atoms with Gasteiger partial charge in [0.15, 0.2) is 0 Å². The summed E-state index contributed by atoms with van der Waals surface area (Å²) in [5, 5.41) is 11.6. The molecule has 5 heteroatoms. The molecular formula is C11H20N2O3. The van der Waals surface area contributed by atoms with Gasteiger partial charge in [-0.1, -0.05) is 6.92 Å². The maximum atomic E-state index is 11.9. The predicted molar refractivity (Wildman–Crippen MR) is 60.0 cm³/mol. The van der Waals surface area contributed by atoms with Gasteiger partial charge in [0.25, 0.3) is 0 Å². The van der Waals surface area contributed by atoms with Crippen LogP contribution in [0.5, 0.6) is 0 Å². The molecule has 1 saturated heterocycles. The SMILES string of the molecule is CC(C(=O)N(C)CCCC(=O)O)C1CNC1. The Bertz CT molecular complexity index is 264. The second-order valence-corrected chi connectivity index (χ2v) is 4.46. The topological polar surface area (TPSA) is 69.6 Å². The van der Waals surface area contributed by atoms with Gasteiger partial charge in [-0.2, -0.15) is 0 Å². The van der Waals surface area contributed by atoms with Gasteiger partial charge in [-0.3, -0.25) is 9.59 Å². The van der Waals surface area contributed by atoms with Gasteiger partial charge in [0, 0.05) is 25.9 Å². The predicted octanol–water partition coefficient (Wildman–Crippen LogP) is 0.165. The van der Waals surface area contributed by atoms with Crippen LogP contribution in [0.4, 0.5) is 0 Å². The van der Waals surface area contributed by atoms with Gasteiger partial charge >= 0.3 is 5.97 Å². The van der Waals surface area contributed by atoms with E-state index >= 15 is 0 Å². The highest BCUT2D eigenvalue weighted by Crippen LogP contribution is 2.17. The molecule has 0 aliphatic carbocycles. The summed E-state index contributed by atoms with van der Waals surface area (Å²) in [4.78, 5) is 23.9. The fourth-order valence-electron chi connectivity index (χ4n) is 1.79. The Hall–Kier alpha value is -1.10. The van der Waals surface area contributed by atoms with Crippen molar-refractivity contribution >= 4 is 11.9 Å². The number of carboxylic acids is 1. The van der Waals surface area contributed by atoms with E-state index in [-0.39, 0.29) is 18.2 Å². The Morgan fingerprint density at radius 2 is 2.12 bits per heavy atom. The molecule has 1 amide bonds. The summed E-state index contributed by atoms with van der Waals surface area (Å²) in [5.41, 5.74) is 0. The van der Waals surface area contributed by atoms with Crippen molar-refractivity contribution in [3.05, 3.63) is 0 Å². The molecule has 0 spiro atoms. The number of hydrogen-bond donors (Lipinski definition) is 2. The van der Waals surface area contributed by atoms with Crippen LogP contribution < -0.4 is 5.32 Å². The van der Waals surface area contributed by atoms with Crippen LogP contribution in [-0.4, -0.2) is 48.6 Å². The minimum absolute atomic E-state index is 0.0380. The smallest absolute Gasteiger partial charge is 0.303 e. The van der Waals surface area contributed by atoms with Crippen LogP contribution in [0.3, 0.4) is 0 Å². The van der Waals surface area contributed by atoms with Crippen LogP contribution in [0.15, 0.2) is 0 Å². The molecule has 1 aliphatic heterocycles. The lowest BCUT2D eigenvalue weighted by Gasteiger charge is -2.33. The first-order valence-electron chi connectivity index (χ1n) is 5.70. The van der Waals surface area contributed by atoms with Crippen molar-refractivity contribution in [1.29, 1.82) is 0 Å². The lowest BCUT2D eigenvalue weighted by molar-refractivity contribution is -0.139. The molecule has 1 fully saturated rings. The Kier molecular flexibility index (Phi) is 4.73. The van der Waals surface area contributed by atoms with Crippen LogP contribution in [0.2, 0.25) is 0 Å². The molecule has 5 nitrogen and oxygen atoms in total. The second kappa shape index (κ2) is 5.84. The first-order valence-corrected chi connectivity index (χ1v) is 5.70. The Labute approximate surface area is 95.8 Å². The third-order valence-corrected chi connectivity index (χ3v) is 3.17. The fraction of sp³-hybridized carbons (Fsp3) is 0.818. The van der Waals surface area contributed by atoms with E-state index in [0.29, 0.717) is 18.9 Å². The molecule has 1 rings (SSSR count). The summed E-state index contributed by atoms with van der Waals surface area (Å²) in [7, 11) is 1.74. The van der Waals surface area contributed by atoms with E-state index in [0.717, 1.165) is 13.1 Å². The van der Waals surface area contributed by atoms with Gasteiger partial charge in [-0.05, 0) is 25.4 Å². The van der Waals surface area contributed by atoms with Crippen molar-refractivity contribution in [2.24, 2.45) is 11.8 Å². The van der Waals surface area contributed by atoms with E-state index in [1.165, 1.54) is 0 Å². The summed E-state index contributed by atoms with van der Waals surface area (Å²) >= 11 is 0. The standard InChI is InChI=1S/C11H20N2O3/c1-8(9-6-12-7-9)11(16)13(2)5-3-4-10(14)15/h8-9,12H,3-7H2,1-2H3,(H,14,15). The van der Waals surface area contributed by atoms with Gasteiger partial charge in [0.2, 0.25) is 5.91 Å². The largest absolute Gasteiger partial charge is 0.481 e. The maximum Gasteiger partial charge on any atom is 0.303 e. The van der Waals surface area contributed by atoms with Crippen molar-refractivity contribution in [2.45, 2.75) is 19.8 Å². The average Bonchev–Trinajstić information content (AvgIpc) is 2.13. The van der Waals surface area contributed by atoms with Crippen molar-refractivity contribution < 1.29 is 14.7 Å². The molecule has 92 valence electrons.